The van der Waals surface area contributed by atoms with Crippen LogP contribution in [-0.2, 0) is 0 Å². The SMILES string of the molecule is CCCNC1CCC(C(C)(C)C)CC1. The molecule has 1 saturated carbocycles. The summed E-state index contributed by atoms with van der Waals surface area (Å²) in [4.78, 5) is 0. The molecule has 0 heterocycles. The minimum Gasteiger partial charge on any atom is -0.314 e. The lowest BCUT2D eigenvalue weighted by Gasteiger charge is -2.37. The molecule has 1 aliphatic carbocycles. The summed E-state index contributed by atoms with van der Waals surface area (Å²) in [5.41, 5.74) is 0.524. The fraction of sp³-hybridized carbons (Fsp3) is 1.00. The summed E-state index contributed by atoms with van der Waals surface area (Å²) in [5, 5.41) is 3.64. The Hall–Kier alpha value is -0.0400. The highest BCUT2D eigenvalue weighted by Crippen LogP contribution is 2.37. The largest absolute Gasteiger partial charge is 0.314 e. The lowest BCUT2D eigenvalue weighted by Crippen LogP contribution is -2.36. The third kappa shape index (κ3) is 3.61. The maximum absolute atomic E-state index is 3.64. The summed E-state index contributed by atoms with van der Waals surface area (Å²) in [6, 6.07) is 0.813. The third-order valence-corrected chi connectivity index (χ3v) is 3.63. The van der Waals surface area contributed by atoms with Crippen LogP contribution in [0.25, 0.3) is 0 Å². The number of hydrogen-bond donors (Lipinski definition) is 1. The van der Waals surface area contributed by atoms with Gasteiger partial charge >= 0.3 is 0 Å². The van der Waals surface area contributed by atoms with Crippen molar-refractivity contribution in [3.63, 3.8) is 0 Å². The zero-order chi connectivity index (χ0) is 10.6. The molecule has 14 heavy (non-hydrogen) atoms. The van der Waals surface area contributed by atoms with Crippen molar-refractivity contribution >= 4 is 0 Å². The summed E-state index contributed by atoms with van der Waals surface area (Å²) >= 11 is 0. The zero-order valence-electron chi connectivity index (χ0n) is 10.4. The molecule has 1 rings (SSSR count). The van der Waals surface area contributed by atoms with Crippen molar-refractivity contribution in [1.29, 1.82) is 0 Å². The van der Waals surface area contributed by atoms with E-state index in [1.165, 1.54) is 38.6 Å². The van der Waals surface area contributed by atoms with Gasteiger partial charge in [-0.2, -0.15) is 0 Å². The van der Waals surface area contributed by atoms with E-state index >= 15 is 0 Å². The molecule has 0 aromatic rings. The van der Waals surface area contributed by atoms with E-state index in [-0.39, 0.29) is 0 Å². The molecule has 1 aliphatic rings. The molecule has 0 bridgehead atoms. The molecule has 0 aromatic heterocycles. The van der Waals surface area contributed by atoms with Crippen LogP contribution < -0.4 is 5.32 Å². The Balaban J connectivity index is 2.24. The lowest BCUT2D eigenvalue weighted by atomic mass is 9.71. The van der Waals surface area contributed by atoms with Gasteiger partial charge in [0.25, 0.3) is 0 Å². The summed E-state index contributed by atoms with van der Waals surface area (Å²) in [5.74, 6) is 0.946. The highest BCUT2D eigenvalue weighted by Gasteiger charge is 2.29. The van der Waals surface area contributed by atoms with Gasteiger partial charge in [-0.25, -0.2) is 0 Å². The van der Waals surface area contributed by atoms with Crippen molar-refractivity contribution in [1.82, 2.24) is 5.32 Å². The van der Waals surface area contributed by atoms with Gasteiger partial charge in [0.05, 0.1) is 0 Å². The van der Waals surface area contributed by atoms with E-state index in [9.17, 15) is 0 Å². The fourth-order valence-electron chi connectivity index (χ4n) is 2.51. The fourth-order valence-corrected chi connectivity index (χ4v) is 2.51. The van der Waals surface area contributed by atoms with Crippen molar-refractivity contribution in [2.45, 2.75) is 65.8 Å². The standard InChI is InChI=1S/C13H27N/c1-5-10-14-12-8-6-11(7-9-12)13(2,3)4/h11-12,14H,5-10H2,1-4H3. The molecule has 0 unspecified atom stereocenters. The highest BCUT2D eigenvalue weighted by atomic mass is 14.9. The Labute approximate surface area is 89.7 Å². The van der Waals surface area contributed by atoms with Gasteiger partial charge in [-0.15, -0.1) is 0 Å². The first kappa shape index (κ1) is 12.0. The van der Waals surface area contributed by atoms with E-state index < -0.39 is 0 Å². The summed E-state index contributed by atoms with van der Waals surface area (Å²) < 4.78 is 0. The van der Waals surface area contributed by atoms with Crippen LogP contribution in [0.1, 0.15) is 59.8 Å². The van der Waals surface area contributed by atoms with Gasteiger partial charge in [0, 0.05) is 6.04 Å². The molecular weight excluding hydrogens is 170 g/mol. The smallest absolute Gasteiger partial charge is 0.00672 e. The first-order valence-corrected chi connectivity index (χ1v) is 6.27. The van der Waals surface area contributed by atoms with Gasteiger partial charge < -0.3 is 5.32 Å². The van der Waals surface area contributed by atoms with Gasteiger partial charge in [-0.05, 0) is 50.0 Å². The first-order valence-electron chi connectivity index (χ1n) is 6.27. The minimum atomic E-state index is 0.524. The van der Waals surface area contributed by atoms with Crippen molar-refractivity contribution in [3.8, 4) is 0 Å². The molecule has 0 radical (unpaired) electrons. The van der Waals surface area contributed by atoms with Gasteiger partial charge in [0.2, 0.25) is 0 Å². The molecule has 84 valence electrons. The molecule has 0 aromatic carbocycles. The molecule has 0 aliphatic heterocycles. The maximum Gasteiger partial charge on any atom is 0.00672 e. The molecule has 1 heteroatoms. The minimum absolute atomic E-state index is 0.524. The quantitative estimate of drug-likeness (QED) is 0.729. The number of rotatable bonds is 3. The second-order valence-electron chi connectivity index (χ2n) is 5.87. The van der Waals surface area contributed by atoms with Crippen LogP contribution >= 0.6 is 0 Å². The Bertz CT molecular complexity index is 149. The zero-order valence-corrected chi connectivity index (χ0v) is 10.4. The molecule has 1 nitrogen and oxygen atoms in total. The van der Waals surface area contributed by atoms with Crippen LogP contribution in [0, 0.1) is 11.3 Å². The lowest BCUT2D eigenvalue weighted by molar-refractivity contribution is 0.160. The Morgan fingerprint density at radius 3 is 2.07 bits per heavy atom. The summed E-state index contributed by atoms with van der Waals surface area (Å²) in [6.45, 7) is 10.6. The molecule has 0 saturated heterocycles. The Kier molecular flexibility index (Phi) is 4.43. The Morgan fingerprint density at radius 2 is 1.64 bits per heavy atom. The number of nitrogens with one attached hydrogen (secondary N) is 1. The predicted molar refractivity (Wildman–Crippen MR) is 63.5 cm³/mol. The van der Waals surface area contributed by atoms with Crippen molar-refractivity contribution < 1.29 is 0 Å². The third-order valence-electron chi connectivity index (χ3n) is 3.63. The van der Waals surface area contributed by atoms with E-state index in [2.05, 4.69) is 33.0 Å². The average Bonchev–Trinajstić information content (AvgIpc) is 2.14. The van der Waals surface area contributed by atoms with E-state index in [0.29, 0.717) is 5.41 Å². The first-order chi connectivity index (χ1) is 6.54. The highest BCUT2D eigenvalue weighted by molar-refractivity contribution is 4.83. The average molecular weight is 197 g/mol. The van der Waals surface area contributed by atoms with Gasteiger partial charge in [0.15, 0.2) is 0 Å². The van der Waals surface area contributed by atoms with Crippen molar-refractivity contribution in [3.05, 3.63) is 0 Å². The molecule has 1 fully saturated rings. The van der Waals surface area contributed by atoms with E-state index in [1.54, 1.807) is 0 Å². The van der Waals surface area contributed by atoms with E-state index in [4.69, 9.17) is 0 Å². The number of hydrogen-bond acceptors (Lipinski definition) is 1. The second-order valence-corrected chi connectivity index (χ2v) is 5.87. The van der Waals surface area contributed by atoms with Crippen LogP contribution in [-0.4, -0.2) is 12.6 Å². The topological polar surface area (TPSA) is 12.0 Å². The van der Waals surface area contributed by atoms with Gasteiger partial charge in [-0.1, -0.05) is 27.7 Å². The molecule has 0 atom stereocenters. The van der Waals surface area contributed by atoms with Crippen LogP contribution in [0.3, 0.4) is 0 Å². The summed E-state index contributed by atoms with van der Waals surface area (Å²) in [6.07, 6.45) is 6.89. The normalized spacial score (nSPS) is 29.1. The molecular formula is C13H27N. The van der Waals surface area contributed by atoms with Crippen molar-refractivity contribution in [2.75, 3.05) is 6.54 Å². The monoisotopic (exact) mass is 197 g/mol. The van der Waals surface area contributed by atoms with Crippen LogP contribution in [0.5, 0.6) is 0 Å². The van der Waals surface area contributed by atoms with Crippen LogP contribution in [0.2, 0.25) is 0 Å². The van der Waals surface area contributed by atoms with Crippen molar-refractivity contribution in [2.24, 2.45) is 11.3 Å². The molecule has 0 spiro atoms. The van der Waals surface area contributed by atoms with Crippen LogP contribution in [0.15, 0.2) is 0 Å². The van der Waals surface area contributed by atoms with Crippen LogP contribution in [0.4, 0.5) is 0 Å². The summed E-state index contributed by atoms with van der Waals surface area (Å²) in [7, 11) is 0. The molecule has 0 amide bonds. The predicted octanol–water partition coefficient (Wildman–Crippen LogP) is 3.59. The van der Waals surface area contributed by atoms with E-state index in [0.717, 1.165) is 12.0 Å². The van der Waals surface area contributed by atoms with Gasteiger partial charge in [-0.3, -0.25) is 0 Å². The van der Waals surface area contributed by atoms with E-state index in [1.807, 2.05) is 0 Å². The second kappa shape index (κ2) is 5.16. The maximum atomic E-state index is 3.64. The van der Waals surface area contributed by atoms with Gasteiger partial charge in [0.1, 0.15) is 0 Å². The Morgan fingerprint density at radius 1 is 1.07 bits per heavy atom. The molecule has 1 N–H and O–H groups in total.